The molecule has 3 rings (SSSR count). The van der Waals surface area contributed by atoms with Crippen molar-refractivity contribution in [2.24, 2.45) is 0 Å². The lowest BCUT2D eigenvalue weighted by molar-refractivity contribution is -0.130. The van der Waals surface area contributed by atoms with Crippen molar-refractivity contribution in [3.05, 3.63) is 40.0 Å². The summed E-state index contributed by atoms with van der Waals surface area (Å²) in [6, 6.07) is 5.75. The monoisotopic (exact) mass is 355 g/mol. The Morgan fingerprint density at radius 1 is 1.36 bits per heavy atom. The molecule has 7 heteroatoms. The van der Waals surface area contributed by atoms with Crippen LogP contribution in [-0.2, 0) is 17.6 Å². The van der Waals surface area contributed by atoms with Gasteiger partial charge in [-0.2, -0.15) is 5.26 Å². The topological polar surface area (TPSA) is 73.1 Å². The van der Waals surface area contributed by atoms with Crippen LogP contribution in [-0.4, -0.2) is 47.0 Å². The number of hydrogen-bond donors (Lipinski definition) is 0. The van der Waals surface area contributed by atoms with Crippen molar-refractivity contribution in [3.63, 3.8) is 0 Å². The summed E-state index contributed by atoms with van der Waals surface area (Å²) in [5, 5.41) is 12.3. The standard InChI is InChI=1S/C18H21N5OS/c1-2-16-21-15(13-25-16)11-17(24)22-7-4-8-23(10-9-22)18-14(12-19)5-3-6-20-18/h3,5-6,13H,2,4,7-11H2,1H3. The van der Waals surface area contributed by atoms with Crippen LogP contribution in [0.2, 0.25) is 0 Å². The van der Waals surface area contributed by atoms with Gasteiger partial charge < -0.3 is 9.80 Å². The molecule has 130 valence electrons. The highest BCUT2D eigenvalue weighted by molar-refractivity contribution is 7.09. The molecule has 0 radical (unpaired) electrons. The molecule has 0 unspecified atom stereocenters. The zero-order valence-corrected chi connectivity index (χ0v) is 15.1. The number of carbonyl (C=O) groups excluding carboxylic acids is 1. The Hall–Kier alpha value is -2.46. The van der Waals surface area contributed by atoms with Gasteiger partial charge in [0.05, 0.1) is 22.7 Å². The maximum absolute atomic E-state index is 12.6. The Morgan fingerprint density at radius 3 is 3.00 bits per heavy atom. The van der Waals surface area contributed by atoms with Gasteiger partial charge in [0, 0.05) is 37.8 Å². The van der Waals surface area contributed by atoms with Crippen molar-refractivity contribution in [1.82, 2.24) is 14.9 Å². The number of carbonyl (C=O) groups is 1. The largest absolute Gasteiger partial charge is 0.354 e. The van der Waals surface area contributed by atoms with Gasteiger partial charge in [-0.05, 0) is 25.0 Å². The van der Waals surface area contributed by atoms with Gasteiger partial charge in [-0.3, -0.25) is 4.79 Å². The molecular formula is C18H21N5OS. The summed E-state index contributed by atoms with van der Waals surface area (Å²) in [4.78, 5) is 25.4. The molecule has 3 heterocycles. The molecular weight excluding hydrogens is 334 g/mol. The fourth-order valence-electron chi connectivity index (χ4n) is 2.97. The molecule has 1 fully saturated rings. The third-order valence-corrected chi connectivity index (χ3v) is 5.33. The lowest BCUT2D eigenvalue weighted by atomic mass is 10.2. The van der Waals surface area contributed by atoms with Crippen LogP contribution in [0.1, 0.15) is 29.6 Å². The van der Waals surface area contributed by atoms with E-state index in [1.54, 1.807) is 29.7 Å². The number of amides is 1. The summed E-state index contributed by atoms with van der Waals surface area (Å²) in [7, 11) is 0. The fourth-order valence-corrected chi connectivity index (χ4v) is 3.72. The third kappa shape index (κ3) is 4.15. The van der Waals surface area contributed by atoms with E-state index >= 15 is 0 Å². The Balaban J connectivity index is 1.63. The summed E-state index contributed by atoms with van der Waals surface area (Å²) < 4.78 is 0. The van der Waals surface area contributed by atoms with Gasteiger partial charge in [-0.15, -0.1) is 11.3 Å². The van der Waals surface area contributed by atoms with Crippen molar-refractivity contribution in [3.8, 4) is 6.07 Å². The van der Waals surface area contributed by atoms with Crippen molar-refractivity contribution in [2.75, 3.05) is 31.1 Å². The normalized spacial score (nSPS) is 14.9. The minimum Gasteiger partial charge on any atom is -0.354 e. The van der Waals surface area contributed by atoms with Gasteiger partial charge in [0.15, 0.2) is 0 Å². The third-order valence-electron chi connectivity index (χ3n) is 4.29. The number of thiazole rings is 1. The van der Waals surface area contributed by atoms with E-state index < -0.39 is 0 Å². The van der Waals surface area contributed by atoms with E-state index in [2.05, 4.69) is 27.9 Å². The smallest absolute Gasteiger partial charge is 0.228 e. The molecule has 2 aromatic rings. The van der Waals surface area contributed by atoms with Crippen molar-refractivity contribution < 1.29 is 4.79 Å². The average Bonchev–Trinajstić information content (AvgIpc) is 2.95. The molecule has 0 N–H and O–H groups in total. The van der Waals surface area contributed by atoms with E-state index in [9.17, 15) is 10.1 Å². The highest BCUT2D eigenvalue weighted by Gasteiger charge is 2.22. The number of nitriles is 1. The maximum atomic E-state index is 12.6. The fraction of sp³-hybridized carbons (Fsp3) is 0.444. The van der Waals surface area contributed by atoms with Crippen LogP contribution < -0.4 is 4.90 Å². The van der Waals surface area contributed by atoms with Crippen LogP contribution in [0.4, 0.5) is 5.82 Å². The van der Waals surface area contributed by atoms with E-state index in [0.717, 1.165) is 36.6 Å². The highest BCUT2D eigenvalue weighted by Crippen LogP contribution is 2.19. The van der Waals surface area contributed by atoms with Crippen LogP contribution >= 0.6 is 11.3 Å². The van der Waals surface area contributed by atoms with Crippen LogP contribution in [0.3, 0.4) is 0 Å². The maximum Gasteiger partial charge on any atom is 0.228 e. The van der Waals surface area contributed by atoms with E-state index in [1.807, 2.05) is 10.3 Å². The Bertz CT molecular complexity index is 782. The highest BCUT2D eigenvalue weighted by atomic mass is 32.1. The first-order valence-corrected chi connectivity index (χ1v) is 9.40. The first-order chi connectivity index (χ1) is 12.2. The molecule has 0 saturated carbocycles. The Kier molecular flexibility index (Phi) is 5.61. The molecule has 2 aromatic heterocycles. The van der Waals surface area contributed by atoms with E-state index in [1.165, 1.54) is 0 Å². The van der Waals surface area contributed by atoms with E-state index in [0.29, 0.717) is 30.9 Å². The number of aromatic nitrogens is 2. The van der Waals surface area contributed by atoms with Gasteiger partial charge in [0.2, 0.25) is 5.91 Å². The molecule has 1 aliphatic heterocycles. The van der Waals surface area contributed by atoms with Crippen molar-refractivity contribution in [2.45, 2.75) is 26.2 Å². The van der Waals surface area contributed by atoms with Crippen LogP contribution in [0.15, 0.2) is 23.7 Å². The molecule has 1 amide bonds. The SMILES string of the molecule is CCc1nc(CC(=O)N2CCCN(c3ncccc3C#N)CC2)cs1. The molecule has 0 spiro atoms. The summed E-state index contributed by atoms with van der Waals surface area (Å²) in [6.45, 7) is 4.93. The number of pyridine rings is 1. The summed E-state index contributed by atoms with van der Waals surface area (Å²) in [5.41, 5.74) is 1.45. The molecule has 6 nitrogen and oxygen atoms in total. The predicted molar refractivity (Wildman–Crippen MR) is 97.6 cm³/mol. The Labute approximate surface area is 151 Å². The molecule has 1 aliphatic rings. The lowest BCUT2D eigenvalue weighted by Crippen LogP contribution is -2.36. The van der Waals surface area contributed by atoms with Gasteiger partial charge in [0.1, 0.15) is 11.9 Å². The number of anilines is 1. The molecule has 0 atom stereocenters. The number of aryl methyl sites for hydroxylation is 1. The van der Waals surface area contributed by atoms with Gasteiger partial charge in [-0.1, -0.05) is 6.92 Å². The van der Waals surface area contributed by atoms with Crippen LogP contribution in [0.5, 0.6) is 0 Å². The van der Waals surface area contributed by atoms with Crippen LogP contribution in [0, 0.1) is 11.3 Å². The molecule has 0 bridgehead atoms. The number of rotatable bonds is 4. The quantitative estimate of drug-likeness (QED) is 0.841. The summed E-state index contributed by atoms with van der Waals surface area (Å²) in [6.07, 6.45) is 3.84. The first-order valence-electron chi connectivity index (χ1n) is 8.52. The van der Waals surface area contributed by atoms with Gasteiger partial charge in [0.25, 0.3) is 0 Å². The zero-order chi connectivity index (χ0) is 17.6. The summed E-state index contributed by atoms with van der Waals surface area (Å²) in [5.74, 6) is 0.836. The minimum absolute atomic E-state index is 0.122. The molecule has 1 saturated heterocycles. The van der Waals surface area contributed by atoms with Gasteiger partial charge in [-0.25, -0.2) is 9.97 Å². The first kappa shape index (κ1) is 17.4. The van der Waals surface area contributed by atoms with E-state index in [4.69, 9.17) is 0 Å². The second-order valence-corrected chi connectivity index (χ2v) is 6.91. The minimum atomic E-state index is 0.122. The van der Waals surface area contributed by atoms with Gasteiger partial charge >= 0.3 is 0 Å². The average molecular weight is 355 g/mol. The molecule has 25 heavy (non-hydrogen) atoms. The van der Waals surface area contributed by atoms with Crippen LogP contribution in [0.25, 0.3) is 0 Å². The van der Waals surface area contributed by atoms with Crippen molar-refractivity contribution in [1.29, 1.82) is 5.26 Å². The number of hydrogen-bond acceptors (Lipinski definition) is 6. The van der Waals surface area contributed by atoms with Crippen molar-refractivity contribution >= 4 is 23.1 Å². The molecule has 0 aliphatic carbocycles. The van der Waals surface area contributed by atoms with E-state index in [-0.39, 0.29) is 5.91 Å². The Morgan fingerprint density at radius 2 is 2.24 bits per heavy atom. The lowest BCUT2D eigenvalue weighted by Gasteiger charge is -2.23. The second kappa shape index (κ2) is 8.08. The second-order valence-electron chi connectivity index (χ2n) is 5.97. The molecule has 0 aromatic carbocycles. The predicted octanol–water partition coefficient (Wildman–Crippen LogP) is 2.25. The number of nitrogens with zero attached hydrogens (tertiary/aromatic N) is 5. The zero-order valence-electron chi connectivity index (χ0n) is 14.3. The summed E-state index contributed by atoms with van der Waals surface area (Å²) >= 11 is 1.62.